The first-order valence-electron chi connectivity index (χ1n) is 3.63. The third-order valence-electron chi connectivity index (χ3n) is 1.50. The van der Waals surface area contributed by atoms with Gasteiger partial charge in [-0.1, -0.05) is 4.68 Å². The summed E-state index contributed by atoms with van der Waals surface area (Å²) in [4.78, 5) is 10.9. The number of aromatic amines is 1. The van der Waals surface area contributed by atoms with Crippen LogP contribution in [0.1, 0.15) is 5.69 Å². The molecule has 6 heteroatoms. The van der Waals surface area contributed by atoms with Gasteiger partial charge < -0.3 is 10.4 Å². The van der Waals surface area contributed by atoms with Crippen LogP contribution in [0, 0.1) is 0 Å². The van der Waals surface area contributed by atoms with Gasteiger partial charge in [-0.05, 0) is 5.27 Å². The summed E-state index contributed by atoms with van der Waals surface area (Å²) in [5, 5.41) is 13.7. The predicted octanol–water partition coefficient (Wildman–Crippen LogP) is -2.13. The van der Waals surface area contributed by atoms with Crippen LogP contribution in [0.5, 0.6) is 0 Å². The zero-order valence-corrected chi connectivity index (χ0v) is 6.83. The minimum absolute atomic E-state index is 0.0550. The Morgan fingerprint density at radius 1 is 1.75 bits per heavy atom. The molecule has 0 amide bonds. The third kappa shape index (κ3) is 1.93. The Balaban J connectivity index is 2.56. The molecule has 0 aliphatic carbocycles. The van der Waals surface area contributed by atoms with Gasteiger partial charge in [0.25, 0.3) is 0 Å². The molecule has 0 atom stereocenters. The van der Waals surface area contributed by atoms with Crippen LogP contribution in [0.3, 0.4) is 0 Å². The highest BCUT2D eigenvalue weighted by Crippen LogP contribution is 1.77. The fourth-order valence-electron chi connectivity index (χ4n) is 0.837. The Labute approximate surface area is 68.8 Å². The van der Waals surface area contributed by atoms with Gasteiger partial charge in [0.15, 0.2) is 7.05 Å². The predicted molar refractivity (Wildman–Crippen MR) is 39.3 cm³/mol. The van der Waals surface area contributed by atoms with Crippen molar-refractivity contribution in [3.8, 4) is 0 Å². The average molecular weight is 174 g/mol. The lowest BCUT2D eigenvalue weighted by Gasteiger charge is -1.93. The molecule has 0 saturated carbocycles. The second kappa shape index (κ2) is 4.03. The van der Waals surface area contributed by atoms with Crippen LogP contribution in [0.25, 0.3) is 0 Å². The Morgan fingerprint density at radius 2 is 2.50 bits per heavy atom. The highest BCUT2D eigenvalue weighted by atomic mass is 16.5. The molecule has 6 nitrogen and oxygen atoms in total. The van der Waals surface area contributed by atoms with Crippen molar-refractivity contribution >= 4 is 0 Å². The molecule has 0 spiro atoms. The van der Waals surface area contributed by atoms with Crippen molar-refractivity contribution in [2.45, 2.75) is 6.54 Å². The quantitative estimate of drug-likeness (QED) is 0.360. The molecule has 0 bridgehead atoms. The lowest BCUT2D eigenvalue weighted by atomic mass is 10.4. The van der Waals surface area contributed by atoms with E-state index in [0.717, 1.165) is 0 Å². The van der Waals surface area contributed by atoms with E-state index in [0.29, 0.717) is 18.8 Å². The van der Waals surface area contributed by atoms with Gasteiger partial charge in [0.05, 0.1) is 13.2 Å². The zero-order chi connectivity index (χ0) is 8.97. The molecule has 1 rings (SSSR count). The number of aliphatic hydroxyl groups excluding tert-OH is 1. The largest absolute Gasteiger partial charge is 0.431 e. The molecule has 1 aromatic rings. The maximum Gasteiger partial charge on any atom is 0.431 e. The SMILES string of the molecule is C[n+]1[nH]oc(=O)c1CNCCO. The second-order valence-corrected chi connectivity index (χ2v) is 2.39. The van der Waals surface area contributed by atoms with E-state index < -0.39 is 0 Å². The van der Waals surface area contributed by atoms with Crippen molar-refractivity contribution in [2.75, 3.05) is 13.2 Å². The van der Waals surface area contributed by atoms with E-state index in [1.54, 1.807) is 7.05 Å². The van der Waals surface area contributed by atoms with Gasteiger partial charge in [-0.15, -0.1) is 0 Å². The summed E-state index contributed by atoms with van der Waals surface area (Å²) in [6.45, 7) is 0.910. The first-order chi connectivity index (χ1) is 5.75. The van der Waals surface area contributed by atoms with E-state index in [2.05, 4.69) is 15.1 Å². The van der Waals surface area contributed by atoms with Crippen molar-refractivity contribution < 1.29 is 14.3 Å². The number of nitrogens with zero attached hydrogens (tertiary/aromatic N) is 1. The monoisotopic (exact) mass is 174 g/mol. The normalized spacial score (nSPS) is 10.5. The van der Waals surface area contributed by atoms with Gasteiger partial charge in [-0.3, -0.25) is 4.52 Å². The Kier molecular flexibility index (Phi) is 3.01. The van der Waals surface area contributed by atoms with Crippen LogP contribution < -0.4 is 15.6 Å². The number of hydrogen-bond donors (Lipinski definition) is 3. The summed E-state index contributed by atoms with van der Waals surface area (Å²) >= 11 is 0. The van der Waals surface area contributed by atoms with Crippen molar-refractivity contribution in [1.82, 2.24) is 10.6 Å². The van der Waals surface area contributed by atoms with Gasteiger partial charge in [0.2, 0.25) is 0 Å². The van der Waals surface area contributed by atoms with E-state index in [4.69, 9.17) is 5.11 Å². The van der Waals surface area contributed by atoms with E-state index in [1.165, 1.54) is 4.68 Å². The number of aliphatic hydroxyl groups is 1. The second-order valence-electron chi connectivity index (χ2n) is 2.39. The summed E-state index contributed by atoms with van der Waals surface area (Å²) in [5.74, 6) is 0. The van der Waals surface area contributed by atoms with Gasteiger partial charge in [-0.25, -0.2) is 4.79 Å². The molecule has 1 aromatic heterocycles. The van der Waals surface area contributed by atoms with E-state index in [-0.39, 0.29) is 12.2 Å². The number of rotatable bonds is 4. The highest BCUT2D eigenvalue weighted by Gasteiger charge is 2.15. The van der Waals surface area contributed by atoms with Crippen LogP contribution in [0.15, 0.2) is 9.32 Å². The van der Waals surface area contributed by atoms with Crippen LogP contribution in [-0.2, 0) is 13.6 Å². The Morgan fingerprint density at radius 3 is 3.00 bits per heavy atom. The van der Waals surface area contributed by atoms with Crippen molar-refractivity contribution in [1.29, 1.82) is 0 Å². The molecule has 0 aromatic carbocycles. The molecular weight excluding hydrogens is 162 g/mol. The molecule has 0 saturated heterocycles. The smallest absolute Gasteiger partial charge is 0.395 e. The lowest BCUT2D eigenvalue weighted by molar-refractivity contribution is -0.746. The fraction of sp³-hybridized carbons (Fsp3) is 0.667. The molecular formula is C6H12N3O3+. The Hall–Kier alpha value is -1.14. The summed E-state index contributed by atoms with van der Waals surface area (Å²) in [6, 6.07) is 0. The van der Waals surface area contributed by atoms with Crippen molar-refractivity contribution in [2.24, 2.45) is 7.05 Å². The molecule has 68 valence electrons. The van der Waals surface area contributed by atoms with Gasteiger partial charge >= 0.3 is 11.3 Å². The van der Waals surface area contributed by atoms with Crippen LogP contribution >= 0.6 is 0 Å². The van der Waals surface area contributed by atoms with Crippen LogP contribution in [-0.4, -0.2) is 23.5 Å². The standard InChI is InChI=1S/C6H11N3O3/c1-9-5(4-7-2-3-10)6(11)12-8-9/h7,10H,2-4H2,1H3/p+1. The topological polar surface area (TPSA) is 82.1 Å². The number of aromatic nitrogens is 2. The number of hydrogen-bond acceptors (Lipinski definition) is 4. The first-order valence-corrected chi connectivity index (χ1v) is 3.63. The highest BCUT2D eigenvalue weighted by molar-refractivity contribution is 4.81. The maximum absolute atomic E-state index is 10.9. The van der Waals surface area contributed by atoms with E-state index >= 15 is 0 Å². The first kappa shape index (κ1) is 8.95. The molecule has 0 aliphatic rings. The summed E-state index contributed by atoms with van der Waals surface area (Å²) in [6.07, 6.45) is 0. The number of H-pyrrole nitrogens is 1. The summed E-state index contributed by atoms with van der Waals surface area (Å²) < 4.78 is 6.00. The molecule has 0 aliphatic heterocycles. The lowest BCUT2D eigenvalue weighted by Crippen LogP contribution is -2.39. The van der Waals surface area contributed by atoms with Gasteiger partial charge in [0.1, 0.15) is 0 Å². The number of aryl methyl sites for hydroxylation is 1. The van der Waals surface area contributed by atoms with Gasteiger partial charge in [-0.2, -0.15) is 0 Å². The van der Waals surface area contributed by atoms with E-state index in [9.17, 15) is 4.79 Å². The average Bonchev–Trinajstić information content (AvgIpc) is 2.35. The minimum Gasteiger partial charge on any atom is -0.395 e. The molecule has 0 unspecified atom stereocenters. The molecule has 1 heterocycles. The molecule has 0 fully saturated rings. The molecule has 12 heavy (non-hydrogen) atoms. The van der Waals surface area contributed by atoms with Crippen molar-refractivity contribution in [3.63, 3.8) is 0 Å². The fourth-order valence-corrected chi connectivity index (χ4v) is 0.837. The van der Waals surface area contributed by atoms with Gasteiger partial charge in [0, 0.05) is 6.54 Å². The summed E-state index contributed by atoms with van der Waals surface area (Å²) in [5.41, 5.74) is 0.117. The molecule has 3 N–H and O–H groups in total. The van der Waals surface area contributed by atoms with Crippen LogP contribution in [0.2, 0.25) is 0 Å². The van der Waals surface area contributed by atoms with Crippen molar-refractivity contribution in [3.05, 3.63) is 16.1 Å². The Bertz CT molecular complexity index is 290. The number of nitrogens with one attached hydrogen (secondary N) is 2. The molecule has 0 radical (unpaired) electrons. The maximum atomic E-state index is 10.9. The van der Waals surface area contributed by atoms with Crippen LogP contribution in [0.4, 0.5) is 0 Å². The third-order valence-corrected chi connectivity index (χ3v) is 1.50. The zero-order valence-electron chi connectivity index (χ0n) is 6.83. The van der Waals surface area contributed by atoms with E-state index in [1.807, 2.05) is 0 Å². The summed E-state index contributed by atoms with van der Waals surface area (Å²) in [7, 11) is 1.68. The minimum atomic E-state index is -0.386.